The molecule has 1 heterocycles. The van der Waals surface area contributed by atoms with Gasteiger partial charge in [0.05, 0.1) is 5.25 Å². The summed E-state index contributed by atoms with van der Waals surface area (Å²) in [5, 5.41) is 3.39. The Labute approximate surface area is 106 Å². The number of Topliss-reactive ketones (excluding diaryl/α,β-unsaturated/α-hetero) is 1. The SMILES string of the molecule is CS(=O)(=O)C1CCCC(C(=O)c2ccsc2)C1. The van der Waals surface area contributed by atoms with Crippen molar-refractivity contribution in [3.8, 4) is 0 Å². The highest BCUT2D eigenvalue weighted by Gasteiger charge is 2.32. The third-order valence-electron chi connectivity index (χ3n) is 3.41. The van der Waals surface area contributed by atoms with Crippen molar-refractivity contribution in [1.29, 1.82) is 0 Å². The van der Waals surface area contributed by atoms with E-state index >= 15 is 0 Å². The lowest BCUT2D eigenvalue weighted by Gasteiger charge is -2.26. The second-order valence-corrected chi connectivity index (χ2v) is 7.80. The van der Waals surface area contributed by atoms with Gasteiger partial charge in [0.25, 0.3) is 0 Å². The van der Waals surface area contributed by atoms with Crippen LogP contribution in [0, 0.1) is 5.92 Å². The van der Waals surface area contributed by atoms with Crippen LogP contribution in [0.25, 0.3) is 0 Å². The first kappa shape index (κ1) is 12.8. The molecule has 2 atom stereocenters. The summed E-state index contributed by atoms with van der Waals surface area (Å²) in [5.41, 5.74) is 0.731. The first-order chi connectivity index (χ1) is 7.98. The molecule has 3 nitrogen and oxygen atoms in total. The van der Waals surface area contributed by atoms with Crippen molar-refractivity contribution >= 4 is 27.0 Å². The Bertz CT molecular complexity index is 488. The van der Waals surface area contributed by atoms with Gasteiger partial charge >= 0.3 is 0 Å². The summed E-state index contributed by atoms with van der Waals surface area (Å²) in [6, 6.07) is 1.82. The molecule has 5 heteroatoms. The minimum absolute atomic E-state index is 0.111. The molecule has 0 aromatic carbocycles. The highest BCUT2D eigenvalue weighted by molar-refractivity contribution is 7.91. The maximum atomic E-state index is 12.1. The molecule has 2 unspecified atom stereocenters. The van der Waals surface area contributed by atoms with Gasteiger partial charge in [0, 0.05) is 23.1 Å². The van der Waals surface area contributed by atoms with Crippen LogP contribution in [0.4, 0.5) is 0 Å². The van der Waals surface area contributed by atoms with Crippen LogP contribution in [0.5, 0.6) is 0 Å². The Morgan fingerprint density at radius 2 is 2.18 bits per heavy atom. The second kappa shape index (κ2) is 4.90. The van der Waals surface area contributed by atoms with Crippen molar-refractivity contribution in [3.05, 3.63) is 22.4 Å². The largest absolute Gasteiger partial charge is 0.294 e. The molecule has 0 amide bonds. The fourth-order valence-electron chi connectivity index (χ4n) is 2.41. The Morgan fingerprint density at radius 3 is 2.76 bits per heavy atom. The molecular weight excluding hydrogens is 256 g/mol. The maximum Gasteiger partial charge on any atom is 0.166 e. The predicted octanol–water partition coefficient (Wildman–Crippen LogP) is 2.53. The van der Waals surface area contributed by atoms with Gasteiger partial charge in [-0.25, -0.2) is 8.42 Å². The van der Waals surface area contributed by atoms with Gasteiger partial charge < -0.3 is 0 Å². The topological polar surface area (TPSA) is 51.2 Å². The highest BCUT2D eigenvalue weighted by atomic mass is 32.2. The zero-order valence-electron chi connectivity index (χ0n) is 9.76. The van der Waals surface area contributed by atoms with E-state index in [1.165, 1.54) is 17.6 Å². The van der Waals surface area contributed by atoms with Crippen LogP contribution in [-0.2, 0) is 9.84 Å². The molecule has 0 N–H and O–H groups in total. The molecule has 1 aromatic heterocycles. The summed E-state index contributed by atoms with van der Waals surface area (Å²) in [5.74, 6) is -0.00215. The van der Waals surface area contributed by atoms with Gasteiger partial charge in [0.1, 0.15) is 9.84 Å². The average molecular weight is 272 g/mol. The van der Waals surface area contributed by atoms with Gasteiger partial charge in [-0.05, 0) is 30.7 Å². The van der Waals surface area contributed by atoms with Gasteiger partial charge in [-0.1, -0.05) is 6.42 Å². The lowest BCUT2D eigenvalue weighted by molar-refractivity contribution is 0.0891. The lowest BCUT2D eigenvalue weighted by Crippen LogP contribution is -2.31. The molecule has 1 fully saturated rings. The zero-order chi connectivity index (χ0) is 12.5. The van der Waals surface area contributed by atoms with E-state index in [1.807, 2.05) is 16.8 Å². The Hall–Kier alpha value is -0.680. The van der Waals surface area contributed by atoms with Crippen molar-refractivity contribution < 1.29 is 13.2 Å². The monoisotopic (exact) mass is 272 g/mol. The molecule has 0 aliphatic heterocycles. The van der Waals surface area contributed by atoms with E-state index in [4.69, 9.17) is 0 Å². The number of hydrogen-bond acceptors (Lipinski definition) is 4. The predicted molar refractivity (Wildman–Crippen MR) is 69.2 cm³/mol. The van der Waals surface area contributed by atoms with E-state index in [1.54, 1.807) is 0 Å². The maximum absolute atomic E-state index is 12.1. The Balaban J connectivity index is 2.10. The van der Waals surface area contributed by atoms with Crippen molar-refractivity contribution in [2.45, 2.75) is 30.9 Å². The van der Waals surface area contributed by atoms with Crippen molar-refractivity contribution in [2.75, 3.05) is 6.26 Å². The van der Waals surface area contributed by atoms with E-state index in [-0.39, 0.29) is 17.0 Å². The third kappa shape index (κ3) is 2.96. The smallest absolute Gasteiger partial charge is 0.166 e. The van der Waals surface area contributed by atoms with Gasteiger partial charge in [-0.3, -0.25) is 4.79 Å². The van der Waals surface area contributed by atoms with E-state index in [9.17, 15) is 13.2 Å². The molecule has 1 aliphatic carbocycles. The molecule has 2 rings (SSSR count). The van der Waals surface area contributed by atoms with E-state index in [0.717, 1.165) is 18.4 Å². The van der Waals surface area contributed by atoms with Gasteiger partial charge in [0.15, 0.2) is 5.78 Å². The van der Waals surface area contributed by atoms with Crippen LogP contribution >= 0.6 is 11.3 Å². The molecule has 0 bridgehead atoms. The molecule has 0 saturated heterocycles. The summed E-state index contributed by atoms with van der Waals surface area (Å²) in [7, 11) is -3.01. The summed E-state index contributed by atoms with van der Waals surface area (Å²) >= 11 is 1.50. The summed E-state index contributed by atoms with van der Waals surface area (Å²) in [6.07, 6.45) is 4.12. The van der Waals surface area contributed by atoms with Crippen LogP contribution in [0.3, 0.4) is 0 Å². The van der Waals surface area contributed by atoms with E-state index in [2.05, 4.69) is 0 Å². The first-order valence-electron chi connectivity index (χ1n) is 5.74. The minimum atomic E-state index is -3.01. The van der Waals surface area contributed by atoms with Crippen LogP contribution < -0.4 is 0 Å². The molecule has 17 heavy (non-hydrogen) atoms. The zero-order valence-corrected chi connectivity index (χ0v) is 11.4. The van der Waals surface area contributed by atoms with Crippen LogP contribution in [0.2, 0.25) is 0 Å². The summed E-state index contributed by atoms with van der Waals surface area (Å²) in [6.45, 7) is 0. The van der Waals surface area contributed by atoms with E-state index in [0.29, 0.717) is 12.8 Å². The number of ketones is 1. The molecule has 1 saturated carbocycles. The fourth-order valence-corrected chi connectivity index (χ4v) is 4.23. The normalized spacial score (nSPS) is 25.7. The number of carbonyl (C=O) groups excluding carboxylic acids is 1. The summed E-state index contributed by atoms with van der Waals surface area (Å²) < 4.78 is 23.1. The second-order valence-electron chi connectivity index (χ2n) is 4.69. The van der Waals surface area contributed by atoms with Gasteiger partial charge in [-0.2, -0.15) is 11.3 Å². The van der Waals surface area contributed by atoms with E-state index < -0.39 is 9.84 Å². The van der Waals surface area contributed by atoms with Crippen molar-refractivity contribution in [1.82, 2.24) is 0 Å². The highest BCUT2D eigenvalue weighted by Crippen LogP contribution is 2.31. The fraction of sp³-hybridized carbons (Fsp3) is 0.583. The van der Waals surface area contributed by atoms with Gasteiger partial charge in [0.2, 0.25) is 0 Å². The molecule has 1 aromatic rings. The van der Waals surface area contributed by atoms with Crippen LogP contribution in [0.1, 0.15) is 36.0 Å². The average Bonchev–Trinajstić information content (AvgIpc) is 2.80. The van der Waals surface area contributed by atoms with Crippen LogP contribution in [-0.4, -0.2) is 25.7 Å². The Kier molecular flexibility index (Phi) is 3.68. The number of carbonyl (C=O) groups is 1. The number of sulfone groups is 1. The minimum Gasteiger partial charge on any atom is -0.294 e. The molecule has 1 aliphatic rings. The third-order valence-corrected chi connectivity index (χ3v) is 5.73. The Morgan fingerprint density at radius 1 is 1.41 bits per heavy atom. The molecular formula is C12H16O3S2. The first-order valence-corrected chi connectivity index (χ1v) is 8.63. The molecule has 0 spiro atoms. The van der Waals surface area contributed by atoms with Gasteiger partial charge in [-0.15, -0.1) is 0 Å². The molecule has 0 radical (unpaired) electrons. The summed E-state index contributed by atoms with van der Waals surface area (Å²) in [4.78, 5) is 12.1. The number of hydrogen-bond donors (Lipinski definition) is 0. The number of rotatable bonds is 3. The lowest BCUT2D eigenvalue weighted by atomic mass is 9.84. The standard InChI is InChI=1S/C12H16O3S2/c1-17(14,15)11-4-2-3-9(7-11)12(13)10-5-6-16-8-10/h5-6,8-9,11H,2-4,7H2,1H3. The quantitative estimate of drug-likeness (QED) is 0.795. The van der Waals surface area contributed by atoms with Crippen molar-refractivity contribution in [2.24, 2.45) is 5.92 Å². The van der Waals surface area contributed by atoms with Crippen LogP contribution in [0.15, 0.2) is 16.8 Å². The number of thiophene rings is 1. The molecule has 94 valence electrons. The van der Waals surface area contributed by atoms with Crippen molar-refractivity contribution in [3.63, 3.8) is 0 Å².